The van der Waals surface area contributed by atoms with Crippen LogP contribution in [0.25, 0.3) is 5.82 Å². The topological polar surface area (TPSA) is 165 Å². The molecule has 0 atom stereocenters. The van der Waals surface area contributed by atoms with Crippen LogP contribution < -0.4 is 25.4 Å². The molecule has 2 aromatic heterocycles. The second kappa shape index (κ2) is 8.24. The van der Waals surface area contributed by atoms with E-state index >= 15 is 0 Å². The highest BCUT2D eigenvalue weighted by molar-refractivity contribution is 5.95. The first-order valence-electron chi connectivity index (χ1n) is 8.14. The minimum atomic E-state index is -0.592. The van der Waals surface area contributed by atoms with Gasteiger partial charge < -0.3 is 19.9 Å². The molecule has 1 amide bonds. The molecule has 13 nitrogen and oxygen atoms in total. The van der Waals surface area contributed by atoms with Gasteiger partial charge in [0.2, 0.25) is 17.4 Å². The van der Waals surface area contributed by atoms with Crippen molar-refractivity contribution in [2.24, 2.45) is 5.10 Å². The molecule has 3 rings (SSSR count). The number of amides is 1. The number of nitrogens with two attached hydrogens (primary N) is 1. The zero-order valence-corrected chi connectivity index (χ0v) is 16.0. The molecule has 0 aliphatic rings. The molecule has 0 radical (unpaired) electrons. The fourth-order valence-corrected chi connectivity index (χ4v) is 2.54. The largest absolute Gasteiger partial charge is 0.493 e. The predicted octanol–water partition coefficient (Wildman–Crippen LogP) is 0.331. The molecule has 0 aliphatic heterocycles. The lowest BCUT2D eigenvalue weighted by atomic mass is 10.2. The Kier molecular flexibility index (Phi) is 5.57. The molecule has 2 heterocycles. The lowest BCUT2D eigenvalue weighted by Gasteiger charge is -2.13. The van der Waals surface area contributed by atoms with E-state index in [-0.39, 0.29) is 17.3 Å². The van der Waals surface area contributed by atoms with Crippen molar-refractivity contribution >= 4 is 17.9 Å². The molecule has 0 bridgehead atoms. The zero-order valence-electron chi connectivity index (χ0n) is 16.0. The van der Waals surface area contributed by atoms with Crippen LogP contribution >= 0.6 is 0 Å². The van der Waals surface area contributed by atoms with Crippen LogP contribution in [0.15, 0.2) is 21.9 Å². The fraction of sp³-hybridized carbons (Fsp3) is 0.250. The smallest absolute Gasteiger partial charge is 0.292 e. The van der Waals surface area contributed by atoms with E-state index in [2.05, 4.69) is 35.8 Å². The number of benzene rings is 1. The molecule has 0 spiro atoms. The first-order valence-corrected chi connectivity index (χ1v) is 8.14. The Labute approximate surface area is 164 Å². The van der Waals surface area contributed by atoms with Crippen molar-refractivity contribution in [1.82, 2.24) is 30.7 Å². The molecule has 3 aromatic rings. The van der Waals surface area contributed by atoms with E-state index in [1.165, 1.54) is 27.5 Å². The summed E-state index contributed by atoms with van der Waals surface area (Å²) < 4.78 is 21.6. The molecular weight excluding hydrogens is 384 g/mol. The highest BCUT2D eigenvalue weighted by atomic mass is 16.6. The van der Waals surface area contributed by atoms with Crippen LogP contribution in [0, 0.1) is 6.92 Å². The van der Waals surface area contributed by atoms with Gasteiger partial charge in [-0.15, -0.1) is 5.10 Å². The molecule has 152 valence electrons. The van der Waals surface area contributed by atoms with E-state index in [1.54, 1.807) is 19.1 Å². The number of nitrogens with zero attached hydrogens (tertiary/aromatic N) is 6. The van der Waals surface area contributed by atoms with Crippen LogP contribution in [0.4, 0.5) is 5.82 Å². The summed E-state index contributed by atoms with van der Waals surface area (Å²) in [6.45, 7) is 1.60. The molecule has 0 saturated heterocycles. The first kappa shape index (κ1) is 19.6. The van der Waals surface area contributed by atoms with E-state index in [1.807, 2.05) is 0 Å². The van der Waals surface area contributed by atoms with Crippen molar-refractivity contribution in [1.29, 1.82) is 0 Å². The van der Waals surface area contributed by atoms with Crippen molar-refractivity contribution in [3.63, 3.8) is 0 Å². The van der Waals surface area contributed by atoms with Crippen LogP contribution in [0.5, 0.6) is 17.2 Å². The molecule has 1 aromatic carbocycles. The van der Waals surface area contributed by atoms with Gasteiger partial charge in [-0.3, -0.25) is 4.79 Å². The number of hydrazone groups is 1. The third-order valence-electron chi connectivity index (χ3n) is 3.85. The number of rotatable bonds is 7. The van der Waals surface area contributed by atoms with E-state index < -0.39 is 5.91 Å². The zero-order chi connectivity index (χ0) is 21.0. The second-order valence-electron chi connectivity index (χ2n) is 5.53. The third-order valence-corrected chi connectivity index (χ3v) is 3.85. The Morgan fingerprint density at radius 3 is 2.59 bits per heavy atom. The van der Waals surface area contributed by atoms with Gasteiger partial charge in [0.15, 0.2) is 17.2 Å². The van der Waals surface area contributed by atoms with Gasteiger partial charge in [-0.1, -0.05) is 5.21 Å². The number of nitrogens with one attached hydrogen (secondary N) is 1. The number of ether oxygens (including phenoxy) is 3. The summed E-state index contributed by atoms with van der Waals surface area (Å²) in [6, 6.07) is 3.39. The van der Waals surface area contributed by atoms with Crippen LogP contribution in [0.2, 0.25) is 0 Å². The SMILES string of the molecule is COc1ccc(C=NNC(=O)c2c(C)nnn2-c2nonc2N)c(OC)c1OC. The van der Waals surface area contributed by atoms with E-state index in [4.69, 9.17) is 19.9 Å². The van der Waals surface area contributed by atoms with E-state index in [9.17, 15) is 4.79 Å². The Hall–Kier alpha value is -4.16. The van der Waals surface area contributed by atoms with E-state index in [0.717, 1.165) is 4.68 Å². The number of hydrogen-bond acceptors (Lipinski definition) is 11. The summed E-state index contributed by atoms with van der Waals surface area (Å²) in [5, 5.41) is 18.7. The molecule has 13 heteroatoms. The Morgan fingerprint density at radius 2 is 1.97 bits per heavy atom. The van der Waals surface area contributed by atoms with Gasteiger partial charge in [-0.2, -0.15) is 9.78 Å². The molecular formula is C16H18N8O5. The normalized spacial score (nSPS) is 10.9. The number of nitrogen functional groups attached to an aromatic ring is 1. The molecule has 0 fully saturated rings. The summed E-state index contributed by atoms with van der Waals surface area (Å²) in [6.07, 6.45) is 1.40. The monoisotopic (exact) mass is 402 g/mol. The maximum absolute atomic E-state index is 12.6. The quantitative estimate of drug-likeness (QED) is 0.415. The van der Waals surface area contributed by atoms with Gasteiger partial charge in [0, 0.05) is 5.56 Å². The summed E-state index contributed by atoms with van der Waals surface area (Å²) in [5.41, 5.74) is 9.02. The summed E-state index contributed by atoms with van der Waals surface area (Å²) in [7, 11) is 4.49. The average molecular weight is 402 g/mol. The molecule has 0 saturated carbocycles. The van der Waals surface area contributed by atoms with Gasteiger partial charge in [-0.25, -0.2) is 10.1 Å². The number of aromatic nitrogens is 5. The van der Waals surface area contributed by atoms with Gasteiger partial charge in [0.1, 0.15) is 0 Å². The van der Waals surface area contributed by atoms with Crippen molar-refractivity contribution in [2.75, 3.05) is 27.1 Å². The number of hydrogen-bond donors (Lipinski definition) is 2. The van der Waals surface area contributed by atoms with Crippen LogP contribution in [0.1, 0.15) is 21.7 Å². The average Bonchev–Trinajstić information content (AvgIpc) is 3.32. The Balaban J connectivity index is 1.85. The highest BCUT2D eigenvalue weighted by Gasteiger charge is 2.23. The molecule has 0 unspecified atom stereocenters. The van der Waals surface area contributed by atoms with Gasteiger partial charge in [-0.05, 0) is 29.4 Å². The van der Waals surface area contributed by atoms with Crippen LogP contribution in [-0.4, -0.2) is 58.8 Å². The number of anilines is 1. The molecule has 0 aliphatic carbocycles. The number of carbonyl (C=O) groups excluding carboxylic acids is 1. The van der Waals surface area contributed by atoms with Gasteiger partial charge >= 0.3 is 0 Å². The van der Waals surface area contributed by atoms with Crippen molar-refractivity contribution < 1.29 is 23.6 Å². The predicted molar refractivity (Wildman–Crippen MR) is 99.5 cm³/mol. The third kappa shape index (κ3) is 3.65. The molecule has 3 N–H and O–H groups in total. The van der Waals surface area contributed by atoms with Crippen LogP contribution in [0.3, 0.4) is 0 Å². The minimum absolute atomic E-state index is 0.0393. The lowest BCUT2D eigenvalue weighted by Crippen LogP contribution is -2.22. The Morgan fingerprint density at radius 1 is 1.21 bits per heavy atom. The van der Waals surface area contributed by atoms with Crippen molar-refractivity contribution in [3.05, 3.63) is 29.1 Å². The summed E-state index contributed by atoms with van der Waals surface area (Å²) in [4.78, 5) is 12.6. The molecule has 29 heavy (non-hydrogen) atoms. The fourth-order valence-electron chi connectivity index (χ4n) is 2.54. The standard InChI is InChI=1S/C16H18N8O5/c1-8-11(24(23-19-8)15-14(17)21-29-22-15)16(25)20-18-7-9-5-6-10(26-2)13(28-4)12(9)27-3/h5-7H,1-4H3,(H2,17,21)(H,20,25). The second-order valence-corrected chi connectivity index (χ2v) is 5.53. The number of aryl methyl sites for hydroxylation is 1. The summed E-state index contributed by atoms with van der Waals surface area (Å²) in [5.74, 6) is 0.705. The van der Waals surface area contributed by atoms with E-state index in [0.29, 0.717) is 28.5 Å². The van der Waals surface area contributed by atoms with Crippen LogP contribution in [-0.2, 0) is 0 Å². The Bertz CT molecular complexity index is 1060. The summed E-state index contributed by atoms with van der Waals surface area (Å²) >= 11 is 0. The number of methoxy groups -OCH3 is 3. The maximum Gasteiger partial charge on any atom is 0.292 e. The minimum Gasteiger partial charge on any atom is -0.493 e. The van der Waals surface area contributed by atoms with Crippen molar-refractivity contribution in [2.45, 2.75) is 6.92 Å². The number of carbonyl (C=O) groups is 1. The van der Waals surface area contributed by atoms with Gasteiger partial charge in [0.25, 0.3) is 5.91 Å². The van der Waals surface area contributed by atoms with Crippen molar-refractivity contribution in [3.8, 4) is 23.1 Å². The first-order chi connectivity index (χ1) is 14.0. The van der Waals surface area contributed by atoms with Gasteiger partial charge in [0.05, 0.1) is 33.2 Å². The highest BCUT2D eigenvalue weighted by Crippen LogP contribution is 2.38. The maximum atomic E-state index is 12.6. The lowest BCUT2D eigenvalue weighted by molar-refractivity contribution is 0.0946.